The maximum Gasteiger partial charge on any atom is 0.243 e. The fourth-order valence-corrected chi connectivity index (χ4v) is 5.35. The minimum atomic E-state index is -0.444. The number of hydrogen-bond acceptors (Lipinski definition) is 3. The maximum absolute atomic E-state index is 13.4. The second-order valence-corrected chi connectivity index (χ2v) is 10.2. The highest BCUT2D eigenvalue weighted by molar-refractivity contribution is 7.99. The summed E-state index contributed by atoms with van der Waals surface area (Å²) in [5.41, 5.74) is 4.69. The van der Waals surface area contributed by atoms with Crippen LogP contribution >= 0.6 is 11.8 Å². The largest absolute Gasteiger partial charge is 0.352 e. The van der Waals surface area contributed by atoms with Gasteiger partial charge < -0.3 is 10.2 Å². The van der Waals surface area contributed by atoms with Gasteiger partial charge in [0.2, 0.25) is 11.8 Å². The zero-order valence-electron chi connectivity index (χ0n) is 20.3. The van der Waals surface area contributed by atoms with Gasteiger partial charge in [-0.1, -0.05) is 85.8 Å². The molecule has 0 aliphatic heterocycles. The van der Waals surface area contributed by atoms with Crippen LogP contribution in [0.3, 0.4) is 0 Å². The lowest BCUT2D eigenvalue weighted by Crippen LogP contribution is -2.52. The van der Waals surface area contributed by atoms with Crippen molar-refractivity contribution in [1.29, 1.82) is 0 Å². The van der Waals surface area contributed by atoms with E-state index in [1.165, 1.54) is 36.0 Å². The van der Waals surface area contributed by atoms with Gasteiger partial charge in [0.25, 0.3) is 0 Å². The van der Waals surface area contributed by atoms with Crippen LogP contribution in [-0.2, 0) is 21.9 Å². The van der Waals surface area contributed by atoms with Crippen molar-refractivity contribution in [3.8, 4) is 0 Å². The van der Waals surface area contributed by atoms with E-state index < -0.39 is 6.04 Å². The van der Waals surface area contributed by atoms with Crippen LogP contribution in [0.25, 0.3) is 0 Å². The Morgan fingerprint density at radius 2 is 1.73 bits per heavy atom. The van der Waals surface area contributed by atoms with Gasteiger partial charge in [-0.05, 0) is 44.2 Å². The number of carbonyl (C=O) groups is 2. The fourth-order valence-electron chi connectivity index (χ4n) is 4.50. The number of nitrogens with one attached hydrogen (secondary N) is 1. The average molecular weight is 467 g/mol. The summed E-state index contributed by atoms with van der Waals surface area (Å²) in [5, 5.41) is 3.25. The first-order chi connectivity index (χ1) is 16.0. The molecule has 1 aliphatic carbocycles. The lowest BCUT2D eigenvalue weighted by molar-refractivity contribution is -0.139. The fraction of sp³-hybridized carbons (Fsp3) is 0.500. The molecule has 0 heterocycles. The van der Waals surface area contributed by atoms with E-state index in [-0.39, 0.29) is 17.9 Å². The smallest absolute Gasteiger partial charge is 0.243 e. The number of benzene rings is 2. The molecule has 2 aromatic carbocycles. The van der Waals surface area contributed by atoms with E-state index in [4.69, 9.17) is 0 Å². The molecular formula is C28H38N2O2S. The highest BCUT2D eigenvalue weighted by atomic mass is 32.2. The zero-order valence-corrected chi connectivity index (χ0v) is 21.1. The molecule has 1 saturated carbocycles. The second kappa shape index (κ2) is 12.8. The Labute approximate surface area is 203 Å². The van der Waals surface area contributed by atoms with Crippen LogP contribution in [-0.4, -0.2) is 34.6 Å². The van der Waals surface area contributed by atoms with Crippen molar-refractivity contribution in [3.63, 3.8) is 0 Å². The Kier molecular flexibility index (Phi) is 9.86. The number of carbonyl (C=O) groups excluding carboxylic acids is 2. The minimum Gasteiger partial charge on any atom is -0.352 e. The summed E-state index contributed by atoms with van der Waals surface area (Å²) >= 11 is 1.62. The first-order valence-electron chi connectivity index (χ1n) is 12.2. The van der Waals surface area contributed by atoms with Crippen LogP contribution in [0, 0.1) is 13.8 Å². The number of thioether (sulfide) groups is 1. The predicted molar refractivity (Wildman–Crippen MR) is 138 cm³/mol. The van der Waals surface area contributed by atoms with Crippen molar-refractivity contribution in [2.75, 3.05) is 5.75 Å². The first-order valence-corrected chi connectivity index (χ1v) is 13.4. The summed E-state index contributed by atoms with van der Waals surface area (Å²) in [6.45, 7) is 6.60. The lowest BCUT2D eigenvalue weighted by Gasteiger charge is -2.32. The monoisotopic (exact) mass is 466 g/mol. The predicted octanol–water partition coefficient (Wildman–Crippen LogP) is 5.79. The van der Waals surface area contributed by atoms with Gasteiger partial charge in [-0.2, -0.15) is 0 Å². The highest BCUT2D eigenvalue weighted by Gasteiger charge is 2.30. The number of nitrogens with zero attached hydrogens (tertiary/aromatic N) is 1. The quantitative estimate of drug-likeness (QED) is 0.482. The molecule has 0 spiro atoms. The highest BCUT2D eigenvalue weighted by Crippen LogP contribution is 2.20. The molecular weight excluding hydrogens is 428 g/mol. The summed E-state index contributed by atoms with van der Waals surface area (Å²) in [6.07, 6.45) is 6.28. The molecule has 2 aromatic rings. The second-order valence-electron chi connectivity index (χ2n) is 9.26. The van der Waals surface area contributed by atoms with Gasteiger partial charge in [0.15, 0.2) is 0 Å². The normalized spacial score (nSPS) is 15.1. The summed E-state index contributed by atoms with van der Waals surface area (Å²) in [7, 11) is 0. The van der Waals surface area contributed by atoms with E-state index in [1.54, 1.807) is 16.7 Å². The van der Waals surface area contributed by atoms with Crippen molar-refractivity contribution in [2.45, 2.75) is 83.7 Å². The molecule has 1 fully saturated rings. The van der Waals surface area contributed by atoms with Gasteiger partial charge in [-0.15, -0.1) is 11.8 Å². The number of hydrogen-bond donors (Lipinski definition) is 1. The van der Waals surface area contributed by atoms with Gasteiger partial charge in [-0.3, -0.25) is 9.59 Å². The van der Waals surface area contributed by atoms with Crippen molar-refractivity contribution in [2.24, 2.45) is 0 Å². The van der Waals surface area contributed by atoms with Crippen LogP contribution in [0.1, 0.15) is 67.7 Å². The third-order valence-electron chi connectivity index (χ3n) is 6.39. The van der Waals surface area contributed by atoms with Crippen LogP contribution < -0.4 is 5.32 Å². The van der Waals surface area contributed by atoms with Gasteiger partial charge in [0.1, 0.15) is 6.04 Å². The summed E-state index contributed by atoms with van der Waals surface area (Å²) in [4.78, 5) is 28.4. The van der Waals surface area contributed by atoms with E-state index in [1.807, 2.05) is 6.92 Å². The Balaban J connectivity index is 1.69. The molecule has 0 radical (unpaired) electrons. The third-order valence-corrected chi connectivity index (χ3v) is 7.38. The standard InChI is InChI=1S/C28H38N2O2S/c1-4-26(28(32)29-25-11-6-5-7-12-25)30(18-23-15-13-21(2)14-16-23)27(31)20-33-19-24-10-8-9-22(3)17-24/h8-10,13-17,25-26H,4-7,11-12,18-20H2,1-3H3,(H,29,32)/t26-/m1/s1. The minimum absolute atomic E-state index is 0.00598. The van der Waals surface area contributed by atoms with E-state index in [2.05, 4.69) is 67.7 Å². The van der Waals surface area contributed by atoms with E-state index in [0.29, 0.717) is 18.7 Å². The van der Waals surface area contributed by atoms with Gasteiger partial charge in [0, 0.05) is 18.3 Å². The molecule has 3 rings (SSSR count). The Morgan fingerprint density at radius 1 is 1.00 bits per heavy atom. The van der Waals surface area contributed by atoms with Crippen molar-refractivity contribution < 1.29 is 9.59 Å². The van der Waals surface area contributed by atoms with Gasteiger partial charge in [0.05, 0.1) is 5.75 Å². The molecule has 0 bridgehead atoms. The zero-order chi connectivity index (χ0) is 23.6. The first kappa shape index (κ1) is 25.4. The van der Waals surface area contributed by atoms with Crippen molar-refractivity contribution in [3.05, 3.63) is 70.8 Å². The van der Waals surface area contributed by atoms with Gasteiger partial charge in [-0.25, -0.2) is 0 Å². The van der Waals surface area contributed by atoms with Crippen LogP contribution in [0.4, 0.5) is 0 Å². The lowest BCUT2D eigenvalue weighted by atomic mass is 9.95. The number of rotatable bonds is 10. The molecule has 0 aromatic heterocycles. The summed E-state index contributed by atoms with van der Waals surface area (Å²) in [5.74, 6) is 1.18. The molecule has 178 valence electrons. The molecule has 1 aliphatic rings. The van der Waals surface area contributed by atoms with Crippen molar-refractivity contribution in [1.82, 2.24) is 10.2 Å². The number of amides is 2. The molecule has 5 heteroatoms. The molecule has 0 unspecified atom stereocenters. The van der Waals surface area contributed by atoms with Gasteiger partial charge >= 0.3 is 0 Å². The third kappa shape index (κ3) is 7.92. The van der Waals surface area contributed by atoms with Crippen LogP contribution in [0.15, 0.2) is 48.5 Å². The molecule has 1 N–H and O–H groups in total. The Hall–Kier alpha value is -2.27. The molecule has 33 heavy (non-hydrogen) atoms. The summed E-state index contributed by atoms with van der Waals surface area (Å²) in [6, 6.07) is 16.4. The Bertz CT molecular complexity index is 906. The summed E-state index contributed by atoms with van der Waals surface area (Å²) < 4.78 is 0. The Morgan fingerprint density at radius 3 is 2.39 bits per heavy atom. The van der Waals surface area contributed by atoms with Crippen LogP contribution in [0.2, 0.25) is 0 Å². The molecule has 4 nitrogen and oxygen atoms in total. The van der Waals surface area contributed by atoms with Crippen LogP contribution in [0.5, 0.6) is 0 Å². The van der Waals surface area contributed by atoms with E-state index in [0.717, 1.165) is 24.2 Å². The van der Waals surface area contributed by atoms with E-state index in [9.17, 15) is 9.59 Å². The average Bonchev–Trinajstić information content (AvgIpc) is 2.81. The van der Waals surface area contributed by atoms with E-state index >= 15 is 0 Å². The molecule has 1 atom stereocenters. The molecule has 2 amide bonds. The van der Waals surface area contributed by atoms with Crippen molar-refractivity contribution >= 4 is 23.6 Å². The molecule has 0 saturated heterocycles. The number of aryl methyl sites for hydroxylation is 2. The SMILES string of the molecule is CC[C@H](C(=O)NC1CCCCC1)N(Cc1ccc(C)cc1)C(=O)CSCc1cccc(C)c1. The topological polar surface area (TPSA) is 49.4 Å². The maximum atomic E-state index is 13.4.